The van der Waals surface area contributed by atoms with Gasteiger partial charge in [-0.1, -0.05) is 13.8 Å². The summed E-state index contributed by atoms with van der Waals surface area (Å²) in [5.41, 5.74) is -0.0820. The zero-order valence-electron chi connectivity index (χ0n) is 23.3. The molecule has 1 amide bonds. The van der Waals surface area contributed by atoms with E-state index >= 15 is 0 Å². The van der Waals surface area contributed by atoms with Crippen molar-refractivity contribution < 1.29 is 31.9 Å². The number of anilines is 1. The van der Waals surface area contributed by atoms with Gasteiger partial charge in [-0.15, -0.1) is 0 Å². The number of alkyl halides is 3. The summed E-state index contributed by atoms with van der Waals surface area (Å²) in [6, 6.07) is 5.83. The van der Waals surface area contributed by atoms with Gasteiger partial charge >= 0.3 is 6.18 Å². The Balaban J connectivity index is 1.55. The summed E-state index contributed by atoms with van der Waals surface area (Å²) in [5.74, 6) is 1.21. The number of ether oxygens (including phenoxy) is 2. The Labute approximate surface area is 235 Å². The van der Waals surface area contributed by atoms with Crippen LogP contribution in [0.25, 0.3) is 28.4 Å². The number of hydrogen-bond donors (Lipinski definition) is 2. The SMILES string of the molecule is CCOCCCNC(=O)C(CC(C)C)Nc1cc(OC)nc(-n2cnc(-c3cc4cc(C(F)(F)F)ccc4o3)c2)n1. The second-order valence-corrected chi connectivity index (χ2v) is 9.79. The van der Waals surface area contributed by atoms with Crippen molar-refractivity contribution in [1.29, 1.82) is 0 Å². The molecule has 13 heteroatoms. The van der Waals surface area contributed by atoms with Crippen molar-refractivity contribution >= 4 is 22.7 Å². The molecule has 0 radical (unpaired) electrons. The Morgan fingerprint density at radius 2 is 1.98 bits per heavy atom. The van der Waals surface area contributed by atoms with E-state index in [-0.39, 0.29) is 29.4 Å². The number of methoxy groups -OCH3 is 1. The minimum absolute atomic E-state index is 0.155. The average Bonchev–Trinajstić information content (AvgIpc) is 3.58. The summed E-state index contributed by atoms with van der Waals surface area (Å²) >= 11 is 0. The first-order valence-electron chi connectivity index (χ1n) is 13.3. The Bertz CT molecular complexity index is 1470. The quantitative estimate of drug-likeness (QED) is 0.202. The van der Waals surface area contributed by atoms with E-state index in [4.69, 9.17) is 13.9 Å². The number of nitrogens with one attached hydrogen (secondary N) is 2. The second-order valence-electron chi connectivity index (χ2n) is 9.79. The van der Waals surface area contributed by atoms with Gasteiger partial charge in [-0.2, -0.15) is 23.1 Å². The molecule has 4 aromatic rings. The van der Waals surface area contributed by atoms with E-state index in [1.807, 2.05) is 20.8 Å². The number of hydrogen-bond acceptors (Lipinski definition) is 8. The minimum Gasteiger partial charge on any atom is -0.481 e. The average molecular weight is 575 g/mol. The third-order valence-corrected chi connectivity index (χ3v) is 6.12. The smallest absolute Gasteiger partial charge is 0.416 e. The van der Waals surface area contributed by atoms with Gasteiger partial charge in [0.25, 0.3) is 0 Å². The predicted octanol–water partition coefficient (Wildman–Crippen LogP) is 5.47. The van der Waals surface area contributed by atoms with Crippen molar-refractivity contribution in [3.63, 3.8) is 0 Å². The highest BCUT2D eigenvalue weighted by atomic mass is 19.4. The van der Waals surface area contributed by atoms with E-state index in [9.17, 15) is 18.0 Å². The van der Waals surface area contributed by atoms with Crippen LogP contribution in [0.5, 0.6) is 5.88 Å². The highest BCUT2D eigenvalue weighted by Gasteiger charge is 2.31. The number of nitrogens with zero attached hydrogens (tertiary/aromatic N) is 4. The van der Waals surface area contributed by atoms with Crippen LogP contribution < -0.4 is 15.4 Å². The monoisotopic (exact) mass is 574 g/mol. The zero-order chi connectivity index (χ0) is 29.6. The summed E-state index contributed by atoms with van der Waals surface area (Å²) in [6.45, 7) is 7.66. The van der Waals surface area contributed by atoms with Gasteiger partial charge in [-0.05, 0) is 49.9 Å². The molecule has 41 heavy (non-hydrogen) atoms. The van der Waals surface area contributed by atoms with Crippen molar-refractivity contribution in [3.8, 4) is 23.3 Å². The molecule has 0 saturated carbocycles. The Kier molecular flexibility index (Phi) is 9.48. The lowest BCUT2D eigenvalue weighted by Gasteiger charge is -2.21. The number of aromatic nitrogens is 4. The van der Waals surface area contributed by atoms with Gasteiger partial charge in [0.05, 0.1) is 12.7 Å². The molecule has 2 N–H and O–H groups in total. The number of imidazole rings is 1. The molecule has 1 atom stereocenters. The van der Waals surface area contributed by atoms with Crippen LogP contribution in [0.4, 0.5) is 19.0 Å². The third-order valence-electron chi connectivity index (χ3n) is 6.12. The molecule has 0 saturated heterocycles. The highest BCUT2D eigenvalue weighted by Crippen LogP contribution is 2.34. The lowest BCUT2D eigenvalue weighted by Crippen LogP contribution is -2.41. The maximum absolute atomic E-state index is 13.1. The van der Waals surface area contributed by atoms with Crippen LogP contribution >= 0.6 is 0 Å². The van der Waals surface area contributed by atoms with E-state index in [0.29, 0.717) is 55.1 Å². The van der Waals surface area contributed by atoms with Crippen LogP contribution in [0.1, 0.15) is 39.2 Å². The highest BCUT2D eigenvalue weighted by molar-refractivity contribution is 5.84. The first-order chi connectivity index (χ1) is 19.6. The number of furan rings is 1. The lowest BCUT2D eigenvalue weighted by atomic mass is 10.0. The predicted molar refractivity (Wildman–Crippen MR) is 147 cm³/mol. The third kappa shape index (κ3) is 7.75. The normalized spacial score (nSPS) is 12.6. The van der Waals surface area contributed by atoms with Crippen LogP contribution in [0.3, 0.4) is 0 Å². The number of fused-ring (bicyclic) bond motifs is 1. The zero-order valence-corrected chi connectivity index (χ0v) is 23.3. The molecule has 0 fully saturated rings. The first-order valence-corrected chi connectivity index (χ1v) is 13.3. The number of carbonyl (C=O) groups is 1. The number of carbonyl (C=O) groups excluding carboxylic acids is 1. The number of halogens is 3. The van der Waals surface area contributed by atoms with Crippen molar-refractivity contribution in [2.45, 2.75) is 45.8 Å². The molecular formula is C28H33F3N6O4. The fourth-order valence-corrected chi connectivity index (χ4v) is 4.15. The topological polar surface area (TPSA) is 116 Å². The number of benzene rings is 1. The molecule has 4 rings (SSSR count). The summed E-state index contributed by atoms with van der Waals surface area (Å²) in [5, 5.41) is 6.45. The Morgan fingerprint density at radius 3 is 2.68 bits per heavy atom. The van der Waals surface area contributed by atoms with Crippen LogP contribution in [0, 0.1) is 5.92 Å². The van der Waals surface area contributed by atoms with Gasteiger partial charge in [0.1, 0.15) is 29.5 Å². The molecular weight excluding hydrogens is 541 g/mol. The van der Waals surface area contributed by atoms with Gasteiger partial charge in [0.2, 0.25) is 17.7 Å². The summed E-state index contributed by atoms with van der Waals surface area (Å²) < 4.78 is 57.3. The van der Waals surface area contributed by atoms with E-state index < -0.39 is 17.8 Å². The van der Waals surface area contributed by atoms with Gasteiger partial charge in [-0.3, -0.25) is 9.36 Å². The molecule has 0 spiro atoms. The molecule has 0 aliphatic rings. The molecule has 3 heterocycles. The van der Waals surface area contributed by atoms with Crippen molar-refractivity contribution in [2.24, 2.45) is 5.92 Å². The van der Waals surface area contributed by atoms with Crippen LogP contribution in [-0.4, -0.2) is 58.3 Å². The van der Waals surface area contributed by atoms with Crippen molar-refractivity contribution in [1.82, 2.24) is 24.8 Å². The molecule has 1 unspecified atom stereocenters. The van der Waals surface area contributed by atoms with Gasteiger partial charge in [-0.25, -0.2) is 4.98 Å². The van der Waals surface area contributed by atoms with E-state index in [1.54, 1.807) is 12.3 Å². The molecule has 1 aromatic carbocycles. The van der Waals surface area contributed by atoms with Crippen LogP contribution in [0.15, 0.2) is 47.3 Å². The van der Waals surface area contributed by atoms with Crippen molar-refractivity contribution in [3.05, 3.63) is 48.4 Å². The van der Waals surface area contributed by atoms with Gasteiger partial charge < -0.3 is 24.5 Å². The molecule has 0 bridgehead atoms. The molecule has 0 aliphatic carbocycles. The fourth-order valence-electron chi connectivity index (χ4n) is 4.15. The maximum Gasteiger partial charge on any atom is 0.416 e. The van der Waals surface area contributed by atoms with Crippen LogP contribution in [-0.2, 0) is 15.7 Å². The maximum atomic E-state index is 13.1. The number of rotatable bonds is 13. The molecule has 3 aromatic heterocycles. The summed E-state index contributed by atoms with van der Waals surface area (Å²) in [4.78, 5) is 26.2. The Morgan fingerprint density at radius 1 is 1.17 bits per heavy atom. The van der Waals surface area contributed by atoms with Gasteiger partial charge in [0.15, 0.2) is 5.76 Å². The fraction of sp³-hybridized carbons (Fsp3) is 0.429. The summed E-state index contributed by atoms with van der Waals surface area (Å²) in [7, 11) is 1.47. The minimum atomic E-state index is -4.46. The molecule has 220 valence electrons. The second kappa shape index (κ2) is 13.0. The Hall–Kier alpha value is -4.13. The van der Waals surface area contributed by atoms with Crippen LogP contribution in [0.2, 0.25) is 0 Å². The summed E-state index contributed by atoms with van der Waals surface area (Å²) in [6.07, 6.45) is -0.134. The van der Waals surface area contributed by atoms with Gasteiger partial charge in [0, 0.05) is 37.4 Å². The van der Waals surface area contributed by atoms with Crippen molar-refractivity contribution in [2.75, 3.05) is 32.2 Å². The first kappa shape index (κ1) is 29.8. The largest absolute Gasteiger partial charge is 0.481 e. The molecule has 10 nitrogen and oxygen atoms in total. The van der Waals surface area contributed by atoms with E-state index in [0.717, 1.165) is 12.1 Å². The van der Waals surface area contributed by atoms with E-state index in [1.165, 1.54) is 30.1 Å². The standard InChI is InChI=1S/C28H33F3N6O4/c1-5-40-10-6-9-32-26(38)20(11-17(2)3)34-24-14-25(39-4)36-27(35-24)37-15-21(33-16-37)23-13-18-12-19(28(29,30)31)7-8-22(18)41-23/h7-8,12-17,20H,5-6,9-11H2,1-4H3,(H,32,38)(H,34,35,36). The number of amides is 1. The molecule has 0 aliphatic heterocycles. The lowest BCUT2D eigenvalue weighted by molar-refractivity contribution is -0.137. The van der Waals surface area contributed by atoms with E-state index in [2.05, 4.69) is 25.6 Å².